The number of pyridine rings is 2. The fraction of sp³-hybridized carbons (Fsp3) is 0.464. The van der Waals surface area contributed by atoms with Crippen molar-refractivity contribution in [2.75, 3.05) is 26.7 Å². The second-order valence-corrected chi connectivity index (χ2v) is 9.49. The number of rotatable bonds is 11. The van der Waals surface area contributed by atoms with E-state index in [1.807, 2.05) is 36.5 Å². The molecule has 3 heterocycles. The van der Waals surface area contributed by atoms with Gasteiger partial charge in [-0.15, -0.1) is 0 Å². The highest BCUT2D eigenvalue weighted by molar-refractivity contribution is 5.83. The Morgan fingerprint density at radius 1 is 1.23 bits per heavy atom. The smallest absolute Gasteiger partial charge is 0.308 e. The number of piperidine rings is 1. The van der Waals surface area contributed by atoms with E-state index in [0.717, 1.165) is 61.0 Å². The maximum absolute atomic E-state index is 12.1. The van der Waals surface area contributed by atoms with Crippen LogP contribution in [0.3, 0.4) is 0 Å². The van der Waals surface area contributed by atoms with Crippen molar-refractivity contribution in [3.05, 3.63) is 66.1 Å². The molecule has 2 aromatic heterocycles. The highest BCUT2D eigenvalue weighted by Gasteiger charge is 2.34. The summed E-state index contributed by atoms with van der Waals surface area (Å²) in [6, 6.07) is 11.5. The Kier molecular flexibility index (Phi) is 8.66. The van der Waals surface area contributed by atoms with Crippen molar-refractivity contribution in [3.8, 4) is 5.75 Å². The first kappa shape index (κ1) is 25.1. The number of aliphatic carboxylic acids is 1. The van der Waals surface area contributed by atoms with E-state index >= 15 is 0 Å². The maximum atomic E-state index is 12.1. The number of aromatic nitrogens is 2. The summed E-state index contributed by atoms with van der Waals surface area (Å²) < 4.78 is 5.34. The van der Waals surface area contributed by atoms with Crippen LogP contribution in [0.25, 0.3) is 10.9 Å². The van der Waals surface area contributed by atoms with Gasteiger partial charge in [0, 0.05) is 30.5 Å². The number of methoxy groups -OCH3 is 1. The molecule has 0 amide bonds. The van der Waals surface area contributed by atoms with Gasteiger partial charge in [0.1, 0.15) is 5.75 Å². The molecule has 2 N–H and O–H groups in total. The Hall–Kier alpha value is -3.03. The summed E-state index contributed by atoms with van der Waals surface area (Å²) in [5, 5.41) is 21.8. The third-order valence-corrected chi connectivity index (χ3v) is 7.22. The SMILES string of the molecule is COc1ccc2nccc([C@H](O)CC[C@@H]3CCN(CCCCc4cccnc4)C[C@@H]3C(=O)O)c2c1. The molecule has 1 aliphatic rings. The number of aliphatic hydroxyl groups is 1. The molecule has 1 aromatic carbocycles. The number of fused-ring (bicyclic) bond motifs is 1. The van der Waals surface area contributed by atoms with Gasteiger partial charge in [-0.05, 0) is 99.0 Å². The lowest BCUT2D eigenvalue weighted by molar-refractivity contribution is -0.146. The Bertz CT molecular complexity index is 1110. The molecule has 1 aliphatic heterocycles. The molecule has 35 heavy (non-hydrogen) atoms. The molecule has 0 bridgehead atoms. The summed E-state index contributed by atoms with van der Waals surface area (Å²) in [7, 11) is 1.62. The van der Waals surface area contributed by atoms with Crippen molar-refractivity contribution in [1.29, 1.82) is 0 Å². The lowest BCUT2D eigenvalue weighted by Crippen LogP contribution is -2.44. The highest BCUT2D eigenvalue weighted by atomic mass is 16.5. The van der Waals surface area contributed by atoms with Crippen LogP contribution in [-0.2, 0) is 11.2 Å². The van der Waals surface area contributed by atoms with Crippen molar-refractivity contribution >= 4 is 16.9 Å². The summed E-state index contributed by atoms with van der Waals surface area (Å²) >= 11 is 0. The maximum Gasteiger partial charge on any atom is 0.308 e. The molecule has 0 unspecified atom stereocenters. The minimum atomic E-state index is -0.733. The number of carboxylic acids is 1. The Labute approximate surface area is 206 Å². The number of unbranched alkanes of at least 4 members (excludes halogenated alkanes) is 1. The van der Waals surface area contributed by atoms with Gasteiger partial charge in [0.05, 0.1) is 24.6 Å². The van der Waals surface area contributed by atoms with Gasteiger partial charge in [-0.25, -0.2) is 0 Å². The predicted octanol–water partition coefficient (Wildman–Crippen LogP) is 4.50. The Morgan fingerprint density at radius 2 is 2.11 bits per heavy atom. The molecular weight excluding hydrogens is 442 g/mol. The van der Waals surface area contributed by atoms with E-state index < -0.39 is 18.0 Å². The van der Waals surface area contributed by atoms with Crippen molar-refractivity contribution < 1.29 is 19.7 Å². The lowest BCUT2D eigenvalue weighted by atomic mass is 9.81. The van der Waals surface area contributed by atoms with Crippen molar-refractivity contribution in [3.63, 3.8) is 0 Å². The number of benzene rings is 1. The first-order valence-corrected chi connectivity index (χ1v) is 12.5. The summed E-state index contributed by atoms with van der Waals surface area (Å²) in [5.74, 6) is -0.346. The minimum Gasteiger partial charge on any atom is -0.497 e. The molecule has 3 aromatic rings. The van der Waals surface area contributed by atoms with Gasteiger partial charge < -0.3 is 19.8 Å². The topological polar surface area (TPSA) is 95.8 Å². The van der Waals surface area contributed by atoms with Crippen molar-refractivity contribution in [2.45, 2.75) is 44.6 Å². The number of aliphatic hydroxyl groups excluding tert-OH is 1. The van der Waals surface area contributed by atoms with Gasteiger partial charge >= 0.3 is 5.97 Å². The van der Waals surface area contributed by atoms with Gasteiger partial charge in [0.25, 0.3) is 0 Å². The zero-order chi connectivity index (χ0) is 24.6. The monoisotopic (exact) mass is 477 g/mol. The van der Waals surface area contributed by atoms with Crippen LogP contribution in [-0.4, -0.2) is 57.8 Å². The van der Waals surface area contributed by atoms with Crippen LogP contribution < -0.4 is 4.74 Å². The first-order valence-electron chi connectivity index (χ1n) is 12.5. The average Bonchev–Trinajstić information content (AvgIpc) is 2.89. The van der Waals surface area contributed by atoms with Crippen LogP contribution in [0.5, 0.6) is 5.75 Å². The highest BCUT2D eigenvalue weighted by Crippen LogP contribution is 2.33. The molecular formula is C28H35N3O4. The Balaban J connectivity index is 1.30. The largest absolute Gasteiger partial charge is 0.497 e. The molecule has 1 saturated heterocycles. The molecule has 186 valence electrons. The number of hydrogen-bond acceptors (Lipinski definition) is 6. The summed E-state index contributed by atoms with van der Waals surface area (Å²) in [4.78, 5) is 22.9. The van der Waals surface area contributed by atoms with Crippen LogP contribution in [0.1, 0.15) is 49.3 Å². The van der Waals surface area contributed by atoms with Gasteiger partial charge in [0.15, 0.2) is 0 Å². The molecule has 4 rings (SSSR count). The minimum absolute atomic E-state index is 0.0661. The molecule has 7 nitrogen and oxygen atoms in total. The number of ether oxygens (including phenoxy) is 1. The van der Waals surface area contributed by atoms with E-state index in [4.69, 9.17) is 4.74 Å². The fourth-order valence-electron chi connectivity index (χ4n) is 5.20. The van der Waals surface area contributed by atoms with Gasteiger partial charge in [-0.2, -0.15) is 0 Å². The predicted molar refractivity (Wildman–Crippen MR) is 135 cm³/mol. The number of hydrogen-bond donors (Lipinski definition) is 2. The molecule has 7 heteroatoms. The molecule has 0 saturated carbocycles. The second kappa shape index (κ2) is 12.1. The molecule has 0 aliphatic carbocycles. The normalized spacial score (nSPS) is 19.5. The second-order valence-electron chi connectivity index (χ2n) is 9.49. The third kappa shape index (κ3) is 6.55. The number of likely N-dealkylation sites (tertiary alicyclic amines) is 1. The quantitative estimate of drug-likeness (QED) is 0.393. The number of aryl methyl sites for hydroxylation is 1. The van der Waals surface area contributed by atoms with E-state index in [0.29, 0.717) is 19.4 Å². The van der Waals surface area contributed by atoms with Crippen LogP contribution >= 0.6 is 0 Å². The average molecular weight is 478 g/mol. The van der Waals surface area contributed by atoms with Gasteiger partial charge in [0.2, 0.25) is 0 Å². The standard InChI is InChI=1S/C28H35N3O4/c1-35-22-8-9-26-24(17-22)23(11-14-30-26)27(32)10-7-21-12-16-31(19-25(21)28(33)34)15-3-2-5-20-6-4-13-29-18-20/h4,6,8-9,11,13-14,17-18,21,25,27,32H,2-3,5,7,10,12,15-16,19H2,1H3,(H,33,34)/t21-,25+,27-/m1/s1. The van der Waals surface area contributed by atoms with Gasteiger partial charge in [-0.1, -0.05) is 6.07 Å². The Morgan fingerprint density at radius 3 is 2.89 bits per heavy atom. The molecule has 0 spiro atoms. The van der Waals surface area contributed by atoms with E-state index in [9.17, 15) is 15.0 Å². The van der Waals surface area contributed by atoms with Gasteiger partial charge in [-0.3, -0.25) is 14.8 Å². The molecule has 3 atom stereocenters. The van der Waals surface area contributed by atoms with Crippen LogP contribution in [0.15, 0.2) is 55.0 Å². The van der Waals surface area contributed by atoms with E-state index in [1.54, 1.807) is 19.5 Å². The zero-order valence-corrected chi connectivity index (χ0v) is 20.3. The zero-order valence-electron chi connectivity index (χ0n) is 20.3. The van der Waals surface area contributed by atoms with Crippen LogP contribution in [0.4, 0.5) is 0 Å². The third-order valence-electron chi connectivity index (χ3n) is 7.22. The number of carbonyl (C=O) groups is 1. The van der Waals surface area contributed by atoms with Crippen LogP contribution in [0.2, 0.25) is 0 Å². The summed E-state index contributed by atoms with van der Waals surface area (Å²) in [6.07, 6.45) is 9.89. The van der Waals surface area contributed by atoms with Crippen LogP contribution in [0, 0.1) is 11.8 Å². The lowest BCUT2D eigenvalue weighted by Gasteiger charge is -2.37. The molecule has 1 fully saturated rings. The van der Waals surface area contributed by atoms with E-state index in [-0.39, 0.29) is 5.92 Å². The fourth-order valence-corrected chi connectivity index (χ4v) is 5.20. The van der Waals surface area contributed by atoms with Crippen molar-refractivity contribution in [1.82, 2.24) is 14.9 Å². The number of carboxylic acid groups (broad SMARTS) is 1. The summed E-state index contributed by atoms with van der Waals surface area (Å²) in [5.41, 5.74) is 2.86. The van der Waals surface area contributed by atoms with E-state index in [1.165, 1.54) is 5.56 Å². The first-order chi connectivity index (χ1) is 17.0. The van der Waals surface area contributed by atoms with E-state index in [2.05, 4.69) is 20.9 Å². The number of nitrogens with zero attached hydrogens (tertiary/aromatic N) is 3. The molecule has 0 radical (unpaired) electrons. The van der Waals surface area contributed by atoms with Crippen molar-refractivity contribution in [2.24, 2.45) is 11.8 Å². The summed E-state index contributed by atoms with van der Waals surface area (Å²) in [6.45, 7) is 2.41.